The Hall–Kier alpha value is -3.39. The van der Waals surface area contributed by atoms with E-state index in [0.29, 0.717) is 46.9 Å². The summed E-state index contributed by atoms with van der Waals surface area (Å²) in [5, 5.41) is 5.77. The van der Waals surface area contributed by atoms with E-state index in [1.54, 1.807) is 45.2 Å². The van der Waals surface area contributed by atoms with Gasteiger partial charge >= 0.3 is 11.8 Å². The number of fused-ring (bicyclic) bond motifs is 1. The van der Waals surface area contributed by atoms with Crippen LogP contribution in [0.2, 0.25) is 0 Å². The molecule has 7 nitrogen and oxygen atoms in total. The van der Waals surface area contributed by atoms with Gasteiger partial charge < -0.3 is 24.5 Å². The number of carbonyl (C=O) groups is 2. The van der Waals surface area contributed by atoms with Crippen LogP contribution >= 0.6 is 0 Å². The summed E-state index contributed by atoms with van der Waals surface area (Å²) >= 11 is 0. The van der Waals surface area contributed by atoms with E-state index in [1.807, 2.05) is 0 Å². The average molecular weight is 414 g/mol. The van der Waals surface area contributed by atoms with Crippen molar-refractivity contribution in [1.82, 2.24) is 5.32 Å². The molecule has 8 heteroatoms. The maximum atomic E-state index is 13.5. The number of hydrogen-bond donors (Lipinski definition) is 2. The van der Waals surface area contributed by atoms with Crippen molar-refractivity contribution in [3.05, 3.63) is 59.6 Å². The summed E-state index contributed by atoms with van der Waals surface area (Å²) in [5.74, 6) is -1.16. The second-order valence-corrected chi connectivity index (χ2v) is 6.72. The number of aryl methyl sites for hydroxylation is 1. The highest BCUT2D eigenvalue weighted by Crippen LogP contribution is 2.30. The highest BCUT2D eigenvalue weighted by atomic mass is 19.1. The summed E-state index contributed by atoms with van der Waals surface area (Å²) in [7, 11) is 1.56. The molecule has 0 saturated heterocycles. The Kier molecular flexibility index (Phi) is 6.68. The molecule has 1 atom stereocenters. The van der Waals surface area contributed by atoms with E-state index in [0.717, 1.165) is 0 Å². The topological polar surface area (TPSA) is 89.8 Å². The van der Waals surface area contributed by atoms with Crippen LogP contribution in [0.5, 0.6) is 5.75 Å². The van der Waals surface area contributed by atoms with Crippen molar-refractivity contribution in [3.8, 4) is 5.75 Å². The van der Waals surface area contributed by atoms with Crippen LogP contribution in [0.4, 0.5) is 10.1 Å². The molecule has 3 aromatic rings. The van der Waals surface area contributed by atoms with Crippen molar-refractivity contribution >= 4 is 28.5 Å². The number of carbonyl (C=O) groups excluding carboxylic acids is 2. The van der Waals surface area contributed by atoms with Crippen LogP contribution in [0.1, 0.15) is 24.3 Å². The number of methoxy groups -OCH3 is 1. The molecule has 30 heavy (non-hydrogen) atoms. The van der Waals surface area contributed by atoms with Gasteiger partial charge in [-0.1, -0.05) is 12.1 Å². The summed E-state index contributed by atoms with van der Waals surface area (Å²) in [4.78, 5) is 24.8. The van der Waals surface area contributed by atoms with E-state index in [9.17, 15) is 14.0 Å². The van der Waals surface area contributed by atoms with Crippen molar-refractivity contribution < 1.29 is 27.9 Å². The number of nitrogens with one attached hydrogen (secondary N) is 2. The molecule has 2 amide bonds. The Morgan fingerprint density at radius 1 is 1.13 bits per heavy atom. The van der Waals surface area contributed by atoms with Gasteiger partial charge in [-0.05, 0) is 44.2 Å². The number of rotatable bonds is 7. The van der Waals surface area contributed by atoms with Gasteiger partial charge in [0.25, 0.3) is 0 Å². The summed E-state index contributed by atoms with van der Waals surface area (Å²) < 4.78 is 29.7. The Morgan fingerprint density at radius 2 is 1.90 bits per heavy atom. The molecule has 158 valence electrons. The molecular formula is C22H23FN2O5. The summed E-state index contributed by atoms with van der Waals surface area (Å²) in [6.07, 6.45) is 0. The number of hydrogen-bond acceptors (Lipinski definition) is 5. The molecular weight excluding hydrogens is 391 g/mol. The van der Waals surface area contributed by atoms with Crippen molar-refractivity contribution in [2.24, 2.45) is 0 Å². The number of halogens is 1. The number of ether oxygens (including phenoxy) is 2. The van der Waals surface area contributed by atoms with Gasteiger partial charge in [-0.3, -0.25) is 9.59 Å². The van der Waals surface area contributed by atoms with Crippen LogP contribution in [0.25, 0.3) is 11.0 Å². The molecule has 0 aliphatic carbocycles. The molecule has 0 aliphatic rings. The summed E-state index contributed by atoms with van der Waals surface area (Å²) in [6, 6.07) is 10.4. The van der Waals surface area contributed by atoms with Gasteiger partial charge in [-0.2, -0.15) is 0 Å². The van der Waals surface area contributed by atoms with Gasteiger partial charge in [0.1, 0.15) is 29.5 Å². The van der Waals surface area contributed by atoms with Crippen LogP contribution in [0.15, 0.2) is 46.9 Å². The lowest BCUT2D eigenvalue weighted by atomic mass is 10.1. The molecule has 0 radical (unpaired) electrons. The molecule has 2 aromatic carbocycles. The van der Waals surface area contributed by atoms with Crippen LogP contribution in [-0.4, -0.2) is 32.1 Å². The monoisotopic (exact) mass is 414 g/mol. The first-order valence-corrected chi connectivity index (χ1v) is 9.42. The third-order valence-corrected chi connectivity index (χ3v) is 4.56. The van der Waals surface area contributed by atoms with E-state index in [4.69, 9.17) is 13.9 Å². The quantitative estimate of drug-likeness (QED) is 0.454. The normalized spacial score (nSPS) is 11.9. The van der Waals surface area contributed by atoms with Gasteiger partial charge in [0.05, 0.1) is 18.3 Å². The molecule has 1 unspecified atom stereocenters. The van der Waals surface area contributed by atoms with Crippen molar-refractivity contribution in [1.29, 1.82) is 0 Å². The number of furan rings is 1. The Morgan fingerprint density at radius 3 is 2.67 bits per heavy atom. The minimum atomic E-state index is -0.843. The molecule has 0 aliphatic heterocycles. The first-order chi connectivity index (χ1) is 14.4. The molecule has 1 aromatic heterocycles. The third-order valence-electron chi connectivity index (χ3n) is 4.56. The lowest BCUT2D eigenvalue weighted by Crippen LogP contribution is -2.37. The zero-order valence-corrected chi connectivity index (χ0v) is 17.0. The highest BCUT2D eigenvalue weighted by Gasteiger charge is 2.23. The maximum absolute atomic E-state index is 13.5. The number of anilines is 1. The summed E-state index contributed by atoms with van der Waals surface area (Å²) in [5.41, 5.74) is 1.59. The summed E-state index contributed by atoms with van der Waals surface area (Å²) in [6.45, 7) is 4.16. The van der Waals surface area contributed by atoms with Gasteiger partial charge in [-0.15, -0.1) is 0 Å². The lowest BCUT2D eigenvalue weighted by Gasteiger charge is -2.14. The van der Waals surface area contributed by atoms with E-state index < -0.39 is 17.9 Å². The molecule has 0 saturated carbocycles. The zero-order chi connectivity index (χ0) is 21.7. The fourth-order valence-corrected chi connectivity index (χ4v) is 3.06. The minimum Gasteiger partial charge on any atom is -0.489 e. The van der Waals surface area contributed by atoms with Crippen LogP contribution < -0.4 is 15.4 Å². The van der Waals surface area contributed by atoms with Gasteiger partial charge in [-0.25, -0.2) is 4.39 Å². The number of benzene rings is 2. The van der Waals surface area contributed by atoms with Crippen molar-refractivity contribution in [2.75, 3.05) is 25.6 Å². The van der Waals surface area contributed by atoms with Gasteiger partial charge in [0, 0.05) is 18.1 Å². The second-order valence-electron chi connectivity index (χ2n) is 6.72. The molecule has 0 bridgehead atoms. The largest absolute Gasteiger partial charge is 0.489 e. The SMILES string of the molecule is COCCOc1ccccc1NC(=O)C(=O)NC(C)c1oc2ccc(F)cc2c1C. The Balaban J connectivity index is 1.68. The number of amides is 2. The zero-order valence-electron chi connectivity index (χ0n) is 17.0. The average Bonchev–Trinajstić information content (AvgIpc) is 3.05. The third kappa shape index (κ3) is 4.77. The maximum Gasteiger partial charge on any atom is 0.313 e. The fraction of sp³-hybridized carbons (Fsp3) is 0.273. The Bertz CT molecular complexity index is 1060. The molecule has 2 N–H and O–H groups in total. The van der Waals surface area contributed by atoms with E-state index >= 15 is 0 Å². The standard InChI is InChI=1S/C22H23FN2O5/c1-13-16-12-15(23)8-9-18(16)30-20(13)14(2)24-21(26)22(27)25-17-6-4-5-7-19(17)29-11-10-28-3/h4-9,12,14H,10-11H2,1-3H3,(H,24,26)(H,25,27). The molecule has 1 heterocycles. The Labute approximate surface area is 173 Å². The van der Waals surface area contributed by atoms with E-state index in [-0.39, 0.29) is 5.82 Å². The molecule has 3 rings (SSSR count). The van der Waals surface area contributed by atoms with E-state index in [1.165, 1.54) is 18.2 Å². The van der Waals surface area contributed by atoms with Crippen LogP contribution in [0, 0.1) is 12.7 Å². The first-order valence-electron chi connectivity index (χ1n) is 9.42. The predicted octanol–water partition coefficient (Wildman–Crippen LogP) is 3.72. The van der Waals surface area contributed by atoms with Crippen LogP contribution in [-0.2, 0) is 14.3 Å². The minimum absolute atomic E-state index is 0.304. The van der Waals surface area contributed by atoms with Gasteiger partial charge in [0.2, 0.25) is 0 Å². The van der Waals surface area contributed by atoms with E-state index in [2.05, 4.69) is 10.6 Å². The molecule has 0 spiro atoms. The number of para-hydroxylation sites is 2. The first kappa shape index (κ1) is 21.3. The second kappa shape index (κ2) is 9.41. The molecule has 0 fully saturated rings. The smallest absolute Gasteiger partial charge is 0.313 e. The van der Waals surface area contributed by atoms with Crippen LogP contribution in [0.3, 0.4) is 0 Å². The fourth-order valence-electron chi connectivity index (χ4n) is 3.06. The van der Waals surface area contributed by atoms with Crippen molar-refractivity contribution in [3.63, 3.8) is 0 Å². The predicted molar refractivity (Wildman–Crippen MR) is 110 cm³/mol. The lowest BCUT2D eigenvalue weighted by molar-refractivity contribution is -0.136. The van der Waals surface area contributed by atoms with Gasteiger partial charge in [0.15, 0.2) is 0 Å². The van der Waals surface area contributed by atoms with Crippen molar-refractivity contribution in [2.45, 2.75) is 19.9 Å². The highest BCUT2D eigenvalue weighted by molar-refractivity contribution is 6.39.